The maximum Gasteiger partial charge on any atom is 0.315 e. The van der Waals surface area contributed by atoms with Gasteiger partial charge >= 0.3 is 6.03 Å². The summed E-state index contributed by atoms with van der Waals surface area (Å²) in [7, 11) is 3.25. The normalized spacial score (nSPS) is 19.0. The van der Waals surface area contributed by atoms with Crippen LogP contribution in [0.25, 0.3) is 0 Å². The van der Waals surface area contributed by atoms with Crippen molar-refractivity contribution < 1.29 is 28.7 Å². The van der Waals surface area contributed by atoms with E-state index in [1.165, 1.54) is 71.6 Å². The van der Waals surface area contributed by atoms with Crippen LogP contribution in [0, 0.1) is 11.8 Å². The van der Waals surface area contributed by atoms with Crippen LogP contribution in [0.2, 0.25) is 0 Å². The maximum absolute atomic E-state index is 12.3. The number of likely N-dealkylation sites (tertiary alicyclic amines) is 1. The minimum absolute atomic E-state index is 0.0117. The van der Waals surface area contributed by atoms with Crippen LogP contribution in [-0.2, 0) is 23.9 Å². The molecule has 3 aliphatic rings. The van der Waals surface area contributed by atoms with E-state index in [-0.39, 0.29) is 36.1 Å². The number of Topliss-reactive ketones (excluding diaryl/α,β-unsaturated/α-hetero) is 1. The van der Waals surface area contributed by atoms with Crippen LogP contribution in [0.15, 0.2) is 0 Å². The van der Waals surface area contributed by atoms with Gasteiger partial charge < -0.3 is 31.3 Å². The van der Waals surface area contributed by atoms with Gasteiger partial charge in [-0.25, -0.2) is 4.79 Å². The lowest BCUT2D eigenvalue weighted by Crippen LogP contribution is -2.50. The Morgan fingerprint density at radius 1 is 0.933 bits per heavy atom. The lowest BCUT2D eigenvalue weighted by molar-refractivity contribution is -0.138. The van der Waals surface area contributed by atoms with Crippen LogP contribution in [0.4, 0.5) is 4.79 Å². The Morgan fingerprint density at radius 3 is 2.07 bits per heavy atom. The Kier molecular flexibility index (Phi) is 24.9. The van der Waals surface area contributed by atoms with E-state index in [0.717, 1.165) is 45.1 Å². The molecule has 1 aliphatic heterocycles. The number of carbonyl (C=O) groups excluding carboxylic acids is 5. The van der Waals surface area contributed by atoms with Crippen LogP contribution in [-0.4, -0.2) is 80.4 Å². The average molecular weight is 640 g/mol. The third kappa shape index (κ3) is 20.1. The Bertz CT molecular complexity index is 832. The zero-order valence-corrected chi connectivity index (χ0v) is 29.2. The largest absolute Gasteiger partial charge is 0.388 e. The number of unbranched alkanes of at least 4 members (excludes halogenated alkanes) is 3. The fourth-order valence-electron chi connectivity index (χ4n) is 5.84. The van der Waals surface area contributed by atoms with Gasteiger partial charge in [0.2, 0.25) is 18.2 Å². The lowest BCUT2D eigenvalue weighted by atomic mass is 9.80. The molecule has 1 heterocycles. The Balaban J connectivity index is 0.000000733. The molecule has 0 radical (unpaired) electrons. The summed E-state index contributed by atoms with van der Waals surface area (Å²) in [6, 6.07) is -0.334. The molecule has 3 unspecified atom stereocenters. The molecule has 0 bridgehead atoms. The number of nitrogens with zero attached hydrogens (tertiary/aromatic N) is 1. The molecule has 0 spiro atoms. The highest BCUT2D eigenvalue weighted by Gasteiger charge is 2.34. The van der Waals surface area contributed by atoms with Gasteiger partial charge in [-0.3, -0.25) is 19.2 Å². The molecule has 0 aromatic carbocycles. The van der Waals surface area contributed by atoms with Gasteiger partial charge in [0.1, 0.15) is 6.04 Å². The summed E-state index contributed by atoms with van der Waals surface area (Å²) < 4.78 is 4.25. The number of urea groups is 1. The summed E-state index contributed by atoms with van der Waals surface area (Å²) in [5.74, 6) is 0.932. The van der Waals surface area contributed by atoms with E-state index in [2.05, 4.69) is 40.3 Å². The molecule has 3 rings (SSSR count). The number of ether oxygens (including phenoxy) is 1. The summed E-state index contributed by atoms with van der Waals surface area (Å²) in [5.41, 5.74) is 4.17. The third-order valence-corrected chi connectivity index (χ3v) is 8.66. The van der Waals surface area contributed by atoms with Gasteiger partial charge in [0.15, 0.2) is 5.78 Å². The Hall–Kier alpha value is -2.69. The second-order valence-corrected chi connectivity index (χ2v) is 12.8. The molecular formula is C34H65N5O6. The summed E-state index contributed by atoms with van der Waals surface area (Å²) in [6.45, 7) is 8.93. The van der Waals surface area contributed by atoms with E-state index in [9.17, 15) is 19.2 Å². The minimum Gasteiger partial charge on any atom is -0.388 e. The van der Waals surface area contributed by atoms with Gasteiger partial charge in [0, 0.05) is 40.3 Å². The SMILES string of the molecule is CC(=O)C(CC1CCC1)NC(=O)C1CCCN1C(C)=O.CCCCCCC(C)CNC(=O)NC1CCCCC1.COC.NC=O. The lowest BCUT2D eigenvalue weighted by Gasteiger charge is -2.30. The number of nitrogens with two attached hydrogens (primary N) is 1. The number of rotatable bonds is 13. The molecular weight excluding hydrogens is 574 g/mol. The fraction of sp³-hybridized carbons (Fsp3) is 0.853. The van der Waals surface area contributed by atoms with Crippen molar-refractivity contribution in [1.29, 1.82) is 0 Å². The summed E-state index contributed by atoms with van der Waals surface area (Å²) >= 11 is 0. The Labute approximate surface area is 272 Å². The first kappa shape index (κ1) is 42.3. The molecule has 3 fully saturated rings. The molecule has 45 heavy (non-hydrogen) atoms. The van der Waals surface area contributed by atoms with Gasteiger partial charge in [0.25, 0.3) is 0 Å². The van der Waals surface area contributed by atoms with E-state index in [0.29, 0.717) is 30.8 Å². The number of hydrogen-bond acceptors (Lipinski definition) is 6. The second-order valence-electron chi connectivity index (χ2n) is 12.8. The van der Waals surface area contributed by atoms with Crippen LogP contribution in [0.3, 0.4) is 0 Å². The van der Waals surface area contributed by atoms with Gasteiger partial charge in [-0.05, 0) is 57.3 Å². The number of methoxy groups -OCH3 is 1. The molecule has 3 atom stereocenters. The first-order valence-electron chi connectivity index (χ1n) is 17.2. The van der Waals surface area contributed by atoms with Crippen molar-refractivity contribution in [2.24, 2.45) is 17.6 Å². The molecule has 0 aromatic rings. The predicted molar refractivity (Wildman–Crippen MR) is 179 cm³/mol. The second kappa shape index (κ2) is 26.5. The van der Waals surface area contributed by atoms with Crippen LogP contribution in [0.5, 0.6) is 0 Å². The fourth-order valence-corrected chi connectivity index (χ4v) is 5.84. The zero-order chi connectivity index (χ0) is 34.0. The molecule has 2 aliphatic carbocycles. The van der Waals surface area contributed by atoms with Gasteiger partial charge in [-0.2, -0.15) is 0 Å². The molecule has 11 nitrogen and oxygen atoms in total. The summed E-state index contributed by atoms with van der Waals surface area (Å²) in [4.78, 5) is 57.4. The molecule has 5 amide bonds. The summed E-state index contributed by atoms with van der Waals surface area (Å²) in [6.07, 6.45) is 18.7. The quantitative estimate of drug-likeness (QED) is 0.167. The predicted octanol–water partition coefficient (Wildman–Crippen LogP) is 4.85. The van der Waals surface area contributed by atoms with Crippen LogP contribution in [0.1, 0.15) is 130 Å². The number of ketones is 1. The summed E-state index contributed by atoms with van der Waals surface area (Å²) in [5, 5.41) is 8.98. The van der Waals surface area contributed by atoms with Crippen molar-refractivity contribution in [3.63, 3.8) is 0 Å². The van der Waals surface area contributed by atoms with Crippen molar-refractivity contribution in [1.82, 2.24) is 20.9 Å². The van der Waals surface area contributed by atoms with E-state index in [1.807, 2.05) is 0 Å². The molecule has 1 saturated heterocycles. The number of primary amides is 1. The third-order valence-electron chi connectivity index (χ3n) is 8.66. The monoisotopic (exact) mass is 639 g/mol. The maximum atomic E-state index is 12.3. The van der Waals surface area contributed by atoms with Crippen molar-refractivity contribution >= 4 is 30.0 Å². The molecule has 0 aromatic heterocycles. The van der Waals surface area contributed by atoms with E-state index >= 15 is 0 Å². The molecule has 11 heteroatoms. The zero-order valence-electron chi connectivity index (χ0n) is 29.2. The van der Waals surface area contributed by atoms with Crippen LogP contribution < -0.4 is 21.7 Å². The standard InChI is InChI=1S/C16H32N2O.C15H24N2O3.C2H6O.CH3NO/c1-3-4-5-7-10-14(2)13-17-16(19)18-15-11-8-6-9-12-15;1-10(18)13(9-12-5-3-6-12)16-15(20)14-7-4-8-17(14)11(2)19;1-3-2;2-1-3/h14-15H,3-13H2,1-2H3,(H2,17,18,19);12-14H,3-9H2,1-2H3,(H,16,20);1-2H3;1H,(H2,2,3). The highest BCUT2D eigenvalue weighted by Crippen LogP contribution is 2.30. The highest BCUT2D eigenvalue weighted by molar-refractivity contribution is 5.92. The smallest absolute Gasteiger partial charge is 0.315 e. The Morgan fingerprint density at radius 2 is 1.56 bits per heavy atom. The van der Waals surface area contributed by atoms with Crippen molar-refractivity contribution in [3.05, 3.63) is 0 Å². The number of nitrogens with one attached hydrogen (secondary N) is 3. The number of hydrogen-bond donors (Lipinski definition) is 4. The molecule has 262 valence electrons. The average Bonchev–Trinajstić information content (AvgIpc) is 3.48. The van der Waals surface area contributed by atoms with Gasteiger partial charge in [0.05, 0.1) is 6.04 Å². The van der Waals surface area contributed by atoms with Crippen molar-refractivity contribution in [2.45, 2.75) is 149 Å². The van der Waals surface area contributed by atoms with Crippen LogP contribution >= 0.6 is 0 Å². The topological polar surface area (TPSA) is 160 Å². The van der Waals surface area contributed by atoms with Crippen molar-refractivity contribution in [2.75, 3.05) is 27.3 Å². The molecule has 2 saturated carbocycles. The van der Waals surface area contributed by atoms with Gasteiger partial charge in [-0.1, -0.05) is 78.1 Å². The first-order valence-corrected chi connectivity index (χ1v) is 17.2. The molecule has 5 N–H and O–H groups in total. The van der Waals surface area contributed by atoms with E-state index in [4.69, 9.17) is 4.79 Å². The number of amides is 5. The first-order chi connectivity index (χ1) is 21.5. The van der Waals surface area contributed by atoms with E-state index in [1.54, 1.807) is 19.1 Å². The highest BCUT2D eigenvalue weighted by atomic mass is 16.4. The van der Waals surface area contributed by atoms with E-state index < -0.39 is 6.04 Å². The van der Waals surface area contributed by atoms with Gasteiger partial charge in [-0.15, -0.1) is 0 Å². The number of carbonyl (C=O) groups is 5. The minimum atomic E-state index is -0.393. The van der Waals surface area contributed by atoms with Crippen molar-refractivity contribution in [3.8, 4) is 0 Å².